The van der Waals surface area contributed by atoms with E-state index in [9.17, 15) is 13.2 Å². The van der Waals surface area contributed by atoms with Gasteiger partial charge in [0.05, 0.1) is 0 Å². The lowest BCUT2D eigenvalue weighted by molar-refractivity contribution is -0.145. The second kappa shape index (κ2) is 5.54. The second-order valence-electron chi connectivity index (χ2n) is 3.87. The van der Waals surface area contributed by atoms with Crippen molar-refractivity contribution in [3.8, 4) is 5.88 Å². The van der Waals surface area contributed by atoms with Crippen LogP contribution < -0.4 is 10.5 Å². The highest BCUT2D eigenvalue weighted by Crippen LogP contribution is 2.28. The van der Waals surface area contributed by atoms with Crippen molar-refractivity contribution < 1.29 is 17.9 Å². The van der Waals surface area contributed by atoms with Crippen LogP contribution in [0, 0.1) is 0 Å². The minimum absolute atomic E-state index is 0.0465. The zero-order chi connectivity index (χ0) is 14.8. The van der Waals surface area contributed by atoms with E-state index < -0.39 is 12.0 Å². The predicted molar refractivity (Wildman–Crippen MR) is 67.2 cm³/mol. The monoisotopic (exact) mass is 303 g/mol. The molecule has 0 bridgehead atoms. The molecule has 0 aliphatic carbocycles. The van der Waals surface area contributed by atoms with Crippen LogP contribution in [0.5, 0.6) is 5.88 Å². The lowest BCUT2D eigenvalue weighted by Gasteiger charge is -2.09. The Morgan fingerprint density at radius 2 is 1.80 bits per heavy atom. The van der Waals surface area contributed by atoms with E-state index in [-0.39, 0.29) is 18.3 Å². The molecule has 4 nitrogen and oxygen atoms in total. The molecule has 0 spiro atoms. The van der Waals surface area contributed by atoms with E-state index in [2.05, 4.69) is 9.97 Å². The van der Waals surface area contributed by atoms with Gasteiger partial charge in [-0.05, 0) is 17.7 Å². The topological polar surface area (TPSA) is 61.0 Å². The fourth-order valence-corrected chi connectivity index (χ4v) is 1.51. The number of nitrogens with two attached hydrogens (primary N) is 1. The van der Waals surface area contributed by atoms with Crippen molar-refractivity contribution >= 4 is 17.4 Å². The quantitative estimate of drug-likeness (QED) is 0.945. The Hall–Kier alpha value is -2.02. The lowest BCUT2D eigenvalue weighted by atomic mass is 10.2. The van der Waals surface area contributed by atoms with Crippen LogP contribution in [-0.2, 0) is 12.8 Å². The van der Waals surface area contributed by atoms with Crippen LogP contribution in [0.25, 0.3) is 0 Å². The normalized spacial score (nSPS) is 11.4. The number of aromatic nitrogens is 2. The summed E-state index contributed by atoms with van der Waals surface area (Å²) in [4.78, 5) is 6.39. The molecule has 0 amide bonds. The number of nitrogen functional groups attached to an aromatic ring is 1. The van der Waals surface area contributed by atoms with E-state index in [1.165, 1.54) is 0 Å². The molecule has 2 rings (SSSR count). The SMILES string of the molecule is Nc1cc(OCc2ccc(Cl)cc2)nc(C(F)(F)F)n1. The van der Waals surface area contributed by atoms with Crippen LogP contribution in [0.4, 0.5) is 19.0 Å². The zero-order valence-electron chi connectivity index (χ0n) is 9.99. The van der Waals surface area contributed by atoms with E-state index in [4.69, 9.17) is 22.1 Å². The fraction of sp³-hybridized carbons (Fsp3) is 0.167. The maximum Gasteiger partial charge on any atom is 0.451 e. The van der Waals surface area contributed by atoms with E-state index in [1.54, 1.807) is 24.3 Å². The van der Waals surface area contributed by atoms with Crippen LogP contribution >= 0.6 is 11.6 Å². The first-order chi connectivity index (χ1) is 9.34. The number of anilines is 1. The first-order valence-corrected chi connectivity index (χ1v) is 5.81. The molecule has 8 heteroatoms. The molecule has 0 unspecified atom stereocenters. The summed E-state index contributed by atoms with van der Waals surface area (Å²) in [6, 6.07) is 7.81. The third-order valence-electron chi connectivity index (χ3n) is 2.28. The summed E-state index contributed by atoms with van der Waals surface area (Å²) in [5.41, 5.74) is 6.03. The van der Waals surface area contributed by atoms with Crippen molar-refractivity contribution in [3.05, 3.63) is 46.7 Å². The first-order valence-electron chi connectivity index (χ1n) is 5.43. The highest BCUT2D eigenvalue weighted by molar-refractivity contribution is 6.30. The number of nitrogens with zero attached hydrogens (tertiary/aromatic N) is 2. The summed E-state index contributed by atoms with van der Waals surface area (Å²) >= 11 is 5.72. The lowest BCUT2D eigenvalue weighted by Crippen LogP contribution is -2.13. The summed E-state index contributed by atoms with van der Waals surface area (Å²) in [6.07, 6.45) is -4.67. The maximum absolute atomic E-state index is 12.5. The van der Waals surface area contributed by atoms with Gasteiger partial charge in [0.25, 0.3) is 0 Å². The molecule has 1 aromatic heterocycles. The van der Waals surface area contributed by atoms with Crippen LogP contribution in [0.1, 0.15) is 11.4 Å². The third kappa shape index (κ3) is 3.74. The van der Waals surface area contributed by atoms with Crippen LogP contribution in [0.15, 0.2) is 30.3 Å². The minimum Gasteiger partial charge on any atom is -0.473 e. The molecule has 0 saturated heterocycles. The van der Waals surface area contributed by atoms with Crippen molar-refractivity contribution in [2.75, 3.05) is 5.73 Å². The van der Waals surface area contributed by atoms with Crippen molar-refractivity contribution in [1.82, 2.24) is 9.97 Å². The van der Waals surface area contributed by atoms with Gasteiger partial charge in [0.2, 0.25) is 11.7 Å². The number of hydrogen-bond donors (Lipinski definition) is 1. The summed E-state index contributed by atoms with van der Waals surface area (Å²) in [5.74, 6) is -1.87. The molecule has 0 radical (unpaired) electrons. The summed E-state index contributed by atoms with van der Waals surface area (Å²) < 4.78 is 42.7. The Kier molecular flexibility index (Phi) is 3.99. The minimum atomic E-state index is -4.67. The van der Waals surface area contributed by atoms with Crippen molar-refractivity contribution in [3.63, 3.8) is 0 Å². The highest BCUT2D eigenvalue weighted by Gasteiger charge is 2.35. The van der Waals surface area contributed by atoms with E-state index in [0.717, 1.165) is 11.6 Å². The molecule has 1 heterocycles. The molecule has 20 heavy (non-hydrogen) atoms. The number of halogens is 4. The van der Waals surface area contributed by atoms with E-state index in [0.29, 0.717) is 5.02 Å². The molecule has 2 aromatic rings. The molecule has 0 fully saturated rings. The third-order valence-corrected chi connectivity index (χ3v) is 2.53. The average Bonchev–Trinajstić information content (AvgIpc) is 2.36. The maximum atomic E-state index is 12.5. The average molecular weight is 304 g/mol. The smallest absolute Gasteiger partial charge is 0.451 e. The van der Waals surface area contributed by atoms with Crippen molar-refractivity contribution in [2.45, 2.75) is 12.8 Å². The largest absolute Gasteiger partial charge is 0.473 e. The van der Waals surface area contributed by atoms with Crippen LogP contribution in [0.2, 0.25) is 5.02 Å². The fourth-order valence-electron chi connectivity index (χ4n) is 1.38. The van der Waals surface area contributed by atoms with Crippen molar-refractivity contribution in [1.29, 1.82) is 0 Å². The van der Waals surface area contributed by atoms with Crippen LogP contribution in [0.3, 0.4) is 0 Å². The van der Waals surface area contributed by atoms with E-state index in [1.807, 2.05) is 0 Å². The predicted octanol–water partition coefficient (Wildman–Crippen LogP) is 3.31. The van der Waals surface area contributed by atoms with Gasteiger partial charge in [0.15, 0.2) is 0 Å². The number of rotatable bonds is 3. The van der Waals surface area contributed by atoms with E-state index >= 15 is 0 Å². The summed E-state index contributed by atoms with van der Waals surface area (Å²) in [5, 5.41) is 0.555. The number of alkyl halides is 3. The van der Waals surface area contributed by atoms with Gasteiger partial charge in [-0.15, -0.1) is 0 Å². The number of hydrogen-bond acceptors (Lipinski definition) is 4. The molecule has 0 aliphatic rings. The second-order valence-corrected chi connectivity index (χ2v) is 4.30. The molecular formula is C12H9ClF3N3O. The Morgan fingerprint density at radius 3 is 2.40 bits per heavy atom. The molecule has 0 saturated carbocycles. The number of ether oxygens (including phenoxy) is 1. The molecule has 2 N–H and O–H groups in total. The zero-order valence-corrected chi connectivity index (χ0v) is 10.7. The van der Waals surface area contributed by atoms with Gasteiger partial charge in [-0.2, -0.15) is 18.2 Å². The van der Waals surface area contributed by atoms with Gasteiger partial charge in [-0.1, -0.05) is 23.7 Å². The summed E-state index contributed by atoms with van der Waals surface area (Å²) in [7, 11) is 0. The molecular weight excluding hydrogens is 295 g/mol. The van der Waals surface area contributed by atoms with Crippen molar-refractivity contribution in [2.24, 2.45) is 0 Å². The highest BCUT2D eigenvalue weighted by atomic mass is 35.5. The Labute approximate surface area is 117 Å². The number of benzene rings is 1. The van der Waals surface area contributed by atoms with Gasteiger partial charge in [-0.25, -0.2) is 4.98 Å². The molecule has 0 aliphatic heterocycles. The Morgan fingerprint density at radius 1 is 1.15 bits per heavy atom. The van der Waals surface area contributed by atoms with Gasteiger partial charge in [-0.3, -0.25) is 0 Å². The van der Waals surface area contributed by atoms with Gasteiger partial charge in [0, 0.05) is 11.1 Å². The standard InChI is InChI=1S/C12H9ClF3N3O/c13-8-3-1-7(2-4-8)6-20-10-5-9(17)18-11(19-10)12(14,15)16/h1-5H,6H2,(H2,17,18,19). The van der Waals surface area contributed by atoms with Gasteiger partial charge < -0.3 is 10.5 Å². The molecule has 0 atom stereocenters. The Balaban J connectivity index is 2.13. The van der Waals surface area contributed by atoms with Gasteiger partial charge in [0.1, 0.15) is 12.4 Å². The molecule has 1 aromatic carbocycles. The Bertz CT molecular complexity index is 602. The first kappa shape index (κ1) is 14.4. The summed E-state index contributed by atoms with van der Waals surface area (Å²) in [6.45, 7) is 0.0465. The van der Waals surface area contributed by atoms with Gasteiger partial charge >= 0.3 is 6.18 Å². The molecule has 106 valence electrons. The van der Waals surface area contributed by atoms with Crippen LogP contribution in [-0.4, -0.2) is 9.97 Å².